The minimum atomic E-state index is -5.37. The van der Waals surface area contributed by atoms with E-state index in [1.807, 2.05) is 0 Å². The molecule has 2 saturated heterocycles. The van der Waals surface area contributed by atoms with Crippen LogP contribution in [0.4, 0.5) is 5.82 Å². The second-order valence-electron chi connectivity index (χ2n) is 9.84. The Bertz CT molecular complexity index is 1560. The maximum atomic E-state index is 12.4. The smallest absolute Gasteiger partial charge is 0.387 e. The number of carbonyl (C=O) groups excluding carboxylic acids is 1. The number of rotatable bonds is 11. The average molecular weight is 665 g/mol. The lowest BCUT2D eigenvalue weighted by Gasteiger charge is -2.28. The molecular formula is C21H29N7O14P2. The highest BCUT2D eigenvalue weighted by atomic mass is 31.3. The molecule has 0 saturated carbocycles. The first-order chi connectivity index (χ1) is 20.7. The van der Waals surface area contributed by atoms with E-state index in [9.17, 15) is 44.1 Å². The second kappa shape index (κ2) is 12.5. The van der Waals surface area contributed by atoms with E-state index in [1.165, 1.54) is 28.2 Å². The molecule has 0 aliphatic carbocycles. The van der Waals surface area contributed by atoms with Crippen molar-refractivity contribution in [3.63, 3.8) is 0 Å². The van der Waals surface area contributed by atoms with Crippen LogP contribution < -0.4 is 11.5 Å². The zero-order valence-corrected chi connectivity index (χ0v) is 24.2. The molecule has 2 aromatic heterocycles. The maximum absolute atomic E-state index is 12.4. The number of phosphoric ester groups is 2. The summed E-state index contributed by atoms with van der Waals surface area (Å²) >= 11 is 0. The average Bonchev–Trinajstić information content (AvgIpc) is 3.61. The SMILES string of the molecule is NC(=O)C1=CN([C@@H]2O[C@H](COP(=O)(O)OP(=O)(O)OC[C@H]3O[C@@H](n4cnc5c(N)ncnc54)[C@@H](O)[C@H]3O)[C@H](O)[C@@H]2O)C=CC1. The van der Waals surface area contributed by atoms with Gasteiger partial charge in [0.05, 0.1) is 19.5 Å². The van der Waals surface area contributed by atoms with Crippen molar-refractivity contribution in [3.05, 3.63) is 36.7 Å². The van der Waals surface area contributed by atoms with E-state index in [2.05, 4.69) is 19.3 Å². The van der Waals surface area contributed by atoms with E-state index in [0.29, 0.717) is 0 Å². The van der Waals surface area contributed by atoms with Crippen molar-refractivity contribution in [1.82, 2.24) is 24.4 Å². The van der Waals surface area contributed by atoms with E-state index in [0.717, 1.165) is 6.33 Å². The Balaban J connectivity index is 1.15. The van der Waals surface area contributed by atoms with Gasteiger partial charge in [-0.3, -0.25) is 18.4 Å². The summed E-state index contributed by atoms with van der Waals surface area (Å²) in [6, 6.07) is 0. The van der Waals surface area contributed by atoms with E-state index in [4.69, 9.17) is 30.0 Å². The van der Waals surface area contributed by atoms with Crippen LogP contribution in [-0.2, 0) is 36.8 Å². The fraction of sp³-hybridized carbons (Fsp3) is 0.524. The normalized spacial score (nSPS) is 33.3. The van der Waals surface area contributed by atoms with Crippen LogP contribution in [-0.4, -0.2) is 117 Å². The van der Waals surface area contributed by atoms with Crippen molar-refractivity contribution in [3.8, 4) is 0 Å². The highest BCUT2D eigenvalue weighted by Gasteiger charge is 2.48. The standard InChI is InChI=1S/C21H29N7O14P2/c22-17-12-19(25-7-24-17)28(8-26-12)21-16(32)14(30)11(41-21)6-39-44(36,37)42-43(34,35)38-5-10-13(29)15(31)20(40-10)27-3-1-2-9(4-27)18(23)33/h1,3-4,7-8,10-11,13-16,20-21,29-32H,2,5-6H2,(H2,23,33)(H,34,35)(H,36,37)(H2,22,24,25)/t10-,11-,13+,14+,15+,16+,20-,21-/m1/s1. The molecule has 0 bridgehead atoms. The number of nitrogens with two attached hydrogens (primary N) is 2. The van der Waals surface area contributed by atoms with Crippen molar-refractivity contribution in [2.75, 3.05) is 18.9 Å². The lowest BCUT2D eigenvalue weighted by atomic mass is 10.1. The van der Waals surface area contributed by atoms with Crippen molar-refractivity contribution in [2.24, 2.45) is 5.73 Å². The van der Waals surface area contributed by atoms with Crippen LogP contribution in [0.2, 0.25) is 0 Å². The molecule has 44 heavy (non-hydrogen) atoms. The number of aliphatic hydroxyl groups is 4. The Morgan fingerprint density at radius 1 is 0.955 bits per heavy atom. The summed E-state index contributed by atoms with van der Waals surface area (Å²) in [5, 5.41) is 41.6. The third-order valence-electron chi connectivity index (χ3n) is 6.88. The highest BCUT2D eigenvalue weighted by molar-refractivity contribution is 7.61. The number of aliphatic hydroxyl groups excluding tert-OH is 4. The van der Waals surface area contributed by atoms with Gasteiger partial charge >= 0.3 is 15.6 Å². The molecule has 5 rings (SSSR count). The molecule has 3 aliphatic rings. The Labute approximate surface area is 247 Å². The fourth-order valence-electron chi connectivity index (χ4n) is 4.68. The molecule has 3 aliphatic heterocycles. The first-order valence-electron chi connectivity index (χ1n) is 12.7. The Morgan fingerprint density at radius 2 is 1.55 bits per heavy atom. The molecule has 242 valence electrons. The maximum Gasteiger partial charge on any atom is 0.481 e. The quantitative estimate of drug-likeness (QED) is 0.113. The molecule has 0 aromatic carbocycles. The second-order valence-corrected chi connectivity index (χ2v) is 12.9. The van der Waals surface area contributed by atoms with E-state index < -0.39 is 83.8 Å². The molecule has 1 amide bonds. The number of nitrogen functional groups attached to an aromatic ring is 1. The summed E-state index contributed by atoms with van der Waals surface area (Å²) in [6.07, 6.45) is -4.88. The largest absolute Gasteiger partial charge is 0.481 e. The van der Waals surface area contributed by atoms with Crippen LogP contribution in [0, 0.1) is 0 Å². The lowest BCUT2D eigenvalue weighted by molar-refractivity contribution is -0.115. The molecule has 5 heterocycles. The molecule has 21 nitrogen and oxygen atoms in total. The molecule has 2 unspecified atom stereocenters. The number of hydrogen-bond donors (Lipinski definition) is 8. The number of amides is 1. The van der Waals surface area contributed by atoms with Crippen LogP contribution in [0.1, 0.15) is 12.6 Å². The predicted octanol–water partition coefficient (Wildman–Crippen LogP) is -2.69. The van der Waals surface area contributed by atoms with Gasteiger partial charge in [0.2, 0.25) is 5.91 Å². The van der Waals surface area contributed by atoms with E-state index in [1.54, 1.807) is 6.08 Å². The number of allylic oxidation sites excluding steroid dienone is 1. The summed E-state index contributed by atoms with van der Waals surface area (Å²) in [5.41, 5.74) is 11.6. The molecule has 0 radical (unpaired) electrons. The van der Waals surface area contributed by atoms with E-state index in [-0.39, 0.29) is 29.0 Å². The number of primary amides is 1. The van der Waals surface area contributed by atoms with Gasteiger partial charge in [0, 0.05) is 18.0 Å². The minimum Gasteiger partial charge on any atom is -0.387 e. The van der Waals surface area contributed by atoms with E-state index >= 15 is 0 Å². The number of imidazole rings is 1. The number of phosphoric acid groups is 2. The number of fused-ring (bicyclic) bond motifs is 1. The van der Waals surface area contributed by atoms with Gasteiger partial charge in [-0.15, -0.1) is 0 Å². The molecule has 2 fully saturated rings. The topological polar surface area (TPSA) is 318 Å². The van der Waals surface area contributed by atoms with Crippen molar-refractivity contribution < 1.29 is 67.0 Å². The number of carbonyl (C=O) groups is 1. The van der Waals surface area contributed by atoms with Gasteiger partial charge in [0.25, 0.3) is 0 Å². The third-order valence-corrected chi connectivity index (χ3v) is 9.48. The molecule has 23 heteroatoms. The number of aromatic nitrogens is 4. The number of anilines is 1. The summed E-state index contributed by atoms with van der Waals surface area (Å²) in [4.78, 5) is 44.6. The zero-order chi connectivity index (χ0) is 32.0. The molecule has 2 aromatic rings. The first kappa shape index (κ1) is 32.5. The van der Waals surface area contributed by atoms with Gasteiger partial charge in [-0.1, -0.05) is 6.08 Å². The summed E-state index contributed by atoms with van der Waals surface area (Å²) in [7, 11) is -10.7. The number of hydrogen-bond acceptors (Lipinski definition) is 17. The van der Waals surface area contributed by atoms with Gasteiger partial charge in [0.1, 0.15) is 48.5 Å². The number of ether oxygens (including phenoxy) is 2. The predicted molar refractivity (Wildman–Crippen MR) is 142 cm³/mol. The van der Waals surface area contributed by atoms with Gasteiger partial charge < -0.3 is 56.1 Å². The molecule has 10 N–H and O–H groups in total. The molecule has 0 spiro atoms. The minimum absolute atomic E-state index is 0.0517. The van der Waals surface area contributed by atoms with Crippen LogP contribution in [0.15, 0.2) is 36.7 Å². The van der Waals surface area contributed by atoms with Crippen LogP contribution in [0.3, 0.4) is 0 Å². The van der Waals surface area contributed by atoms with Crippen molar-refractivity contribution in [1.29, 1.82) is 0 Å². The highest BCUT2D eigenvalue weighted by Crippen LogP contribution is 2.60. The first-order valence-corrected chi connectivity index (χ1v) is 15.7. The number of nitrogens with zero attached hydrogens (tertiary/aromatic N) is 5. The van der Waals surface area contributed by atoms with Gasteiger partial charge in [-0.25, -0.2) is 24.1 Å². The Morgan fingerprint density at radius 3 is 2.16 bits per heavy atom. The van der Waals surface area contributed by atoms with Gasteiger partial charge in [0.15, 0.2) is 23.9 Å². The van der Waals surface area contributed by atoms with Crippen LogP contribution in [0.25, 0.3) is 11.2 Å². The molecular weight excluding hydrogens is 636 g/mol. The van der Waals surface area contributed by atoms with Crippen molar-refractivity contribution >= 4 is 38.5 Å². The summed E-state index contributed by atoms with van der Waals surface area (Å²) in [5.74, 6) is -0.658. The molecule has 10 atom stereocenters. The zero-order valence-electron chi connectivity index (χ0n) is 22.4. The summed E-state index contributed by atoms with van der Waals surface area (Å²) in [6.45, 7) is -1.79. The fourth-order valence-corrected chi connectivity index (χ4v) is 6.77. The third kappa shape index (κ3) is 6.70. The Kier molecular flexibility index (Phi) is 9.23. The lowest BCUT2D eigenvalue weighted by Crippen LogP contribution is -2.40. The Hall–Kier alpha value is -2.88. The summed E-state index contributed by atoms with van der Waals surface area (Å²) < 4.78 is 50.8. The van der Waals surface area contributed by atoms with Crippen molar-refractivity contribution in [2.45, 2.75) is 55.5 Å². The van der Waals surface area contributed by atoms with Crippen LogP contribution >= 0.6 is 15.6 Å². The van der Waals surface area contributed by atoms with Gasteiger partial charge in [-0.05, 0) is 6.42 Å². The van der Waals surface area contributed by atoms with Gasteiger partial charge in [-0.2, -0.15) is 4.31 Å². The van der Waals surface area contributed by atoms with Crippen LogP contribution in [0.5, 0.6) is 0 Å². The monoisotopic (exact) mass is 665 g/mol.